The van der Waals surface area contributed by atoms with E-state index in [9.17, 15) is 4.79 Å². The van der Waals surface area contributed by atoms with Gasteiger partial charge in [0.25, 0.3) is 5.91 Å². The molecule has 1 aromatic heterocycles. The summed E-state index contributed by atoms with van der Waals surface area (Å²) in [4.78, 5) is 20.2. The van der Waals surface area contributed by atoms with Gasteiger partial charge in [-0.2, -0.15) is 0 Å². The van der Waals surface area contributed by atoms with Gasteiger partial charge in [-0.1, -0.05) is 18.2 Å². The highest BCUT2D eigenvalue weighted by molar-refractivity contribution is 5.97. The van der Waals surface area contributed by atoms with Crippen molar-refractivity contribution in [3.63, 3.8) is 0 Å². The molecule has 31 heavy (non-hydrogen) atoms. The number of benzene rings is 2. The number of nitrogens with one attached hydrogen (secondary N) is 1. The summed E-state index contributed by atoms with van der Waals surface area (Å²) in [5, 5.41) is 4.47. The third-order valence-corrected chi connectivity index (χ3v) is 6.82. The number of likely N-dealkylation sites (N-methyl/N-ethyl adjacent to an activating group) is 1. The lowest BCUT2D eigenvalue weighted by Crippen LogP contribution is -2.48. The Labute approximate surface area is 183 Å². The number of likely N-dealkylation sites (tertiary alicyclic amines) is 1. The first-order chi connectivity index (χ1) is 14.9. The first kappa shape index (κ1) is 20.0. The summed E-state index contributed by atoms with van der Waals surface area (Å²) in [5.74, 6) is 0.714. The first-order valence-electron chi connectivity index (χ1n) is 11.1. The van der Waals surface area contributed by atoms with E-state index in [1.165, 1.54) is 5.56 Å². The number of amides is 1. The molecule has 1 aliphatic carbocycles. The Morgan fingerprint density at radius 2 is 2.06 bits per heavy atom. The smallest absolute Gasteiger partial charge is 0.252 e. The van der Waals surface area contributed by atoms with E-state index in [-0.39, 0.29) is 11.4 Å². The molecular weight excluding hydrogens is 386 g/mol. The van der Waals surface area contributed by atoms with Crippen LogP contribution >= 0.6 is 0 Å². The van der Waals surface area contributed by atoms with Crippen LogP contribution in [0.3, 0.4) is 0 Å². The summed E-state index contributed by atoms with van der Waals surface area (Å²) in [5.41, 5.74) is 4.63. The molecule has 3 aromatic rings. The third-order valence-electron chi connectivity index (χ3n) is 6.82. The fraction of sp³-hybridized carbons (Fsp3) is 0.385. The van der Waals surface area contributed by atoms with Gasteiger partial charge in [0.2, 0.25) is 0 Å². The van der Waals surface area contributed by atoms with Gasteiger partial charge in [-0.3, -0.25) is 14.7 Å². The van der Waals surface area contributed by atoms with Gasteiger partial charge in [0, 0.05) is 23.2 Å². The maximum absolute atomic E-state index is 13.3. The van der Waals surface area contributed by atoms with Crippen molar-refractivity contribution in [2.45, 2.75) is 44.7 Å². The predicted molar refractivity (Wildman–Crippen MR) is 123 cm³/mol. The molecule has 160 valence electrons. The quantitative estimate of drug-likeness (QED) is 0.650. The predicted octanol–water partition coefficient (Wildman–Crippen LogP) is 4.35. The Bertz CT molecular complexity index is 1150. The lowest BCUT2D eigenvalue weighted by Gasteiger charge is -2.37. The van der Waals surface area contributed by atoms with Gasteiger partial charge in [0.05, 0.1) is 11.1 Å². The average molecular weight is 416 g/mol. The number of hydrogen-bond acceptors (Lipinski definition) is 4. The highest BCUT2D eigenvalue weighted by Gasteiger charge is 2.47. The lowest BCUT2D eigenvalue weighted by molar-refractivity contribution is 0.0767. The van der Waals surface area contributed by atoms with Crippen LogP contribution in [-0.2, 0) is 5.54 Å². The zero-order chi connectivity index (χ0) is 21.6. The van der Waals surface area contributed by atoms with Crippen molar-refractivity contribution in [3.8, 4) is 5.75 Å². The number of aryl methyl sites for hydroxylation is 2. The molecule has 1 atom stereocenters. The number of rotatable bonds is 6. The number of aromatic nitrogens is 1. The fourth-order valence-electron chi connectivity index (χ4n) is 4.50. The Hall–Kier alpha value is -2.92. The van der Waals surface area contributed by atoms with Crippen molar-refractivity contribution < 1.29 is 9.53 Å². The van der Waals surface area contributed by atoms with Crippen LogP contribution < -0.4 is 10.1 Å². The SMILES string of the molecule is Cc1cc(C2(NC(=O)c3cc(OCC4CCN4C)ccc3C)CC2)c2cccnc2c1. The summed E-state index contributed by atoms with van der Waals surface area (Å²) >= 11 is 0. The summed E-state index contributed by atoms with van der Waals surface area (Å²) in [6, 6.07) is 14.6. The van der Waals surface area contributed by atoms with Crippen LogP contribution in [0.4, 0.5) is 0 Å². The van der Waals surface area contributed by atoms with Crippen LogP contribution in [0, 0.1) is 13.8 Å². The van der Waals surface area contributed by atoms with Crippen molar-refractivity contribution in [2.24, 2.45) is 0 Å². The maximum Gasteiger partial charge on any atom is 0.252 e. The van der Waals surface area contributed by atoms with E-state index in [1.54, 1.807) is 0 Å². The molecule has 1 unspecified atom stereocenters. The standard InChI is InChI=1S/C26H29N3O2/c1-17-13-23(21-5-4-11-27-24(21)14-17)26(9-10-26)28-25(30)22-15-20(7-6-18(22)2)31-16-19-8-12-29(19)3/h4-7,11,13-15,19H,8-10,12,16H2,1-3H3,(H,28,30). The molecule has 2 aromatic carbocycles. The van der Waals surface area contributed by atoms with Crippen LogP contribution in [0.5, 0.6) is 5.75 Å². The van der Waals surface area contributed by atoms with Crippen molar-refractivity contribution in [2.75, 3.05) is 20.2 Å². The molecular formula is C26H29N3O2. The van der Waals surface area contributed by atoms with E-state index in [2.05, 4.69) is 47.4 Å². The molecule has 0 bridgehead atoms. The molecule has 1 amide bonds. The van der Waals surface area contributed by atoms with E-state index in [0.29, 0.717) is 18.2 Å². The first-order valence-corrected chi connectivity index (χ1v) is 11.1. The largest absolute Gasteiger partial charge is 0.492 e. The molecule has 1 N–H and O–H groups in total. The summed E-state index contributed by atoms with van der Waals surface area (Å²) in [6.07, 6.45) is 4.86. The van der Waals surface area contributed by atoms with E-state index >= 15 is 0 Å². The monoisotopic (exact) mass is 415 g/mol. The van der Waals surface area contributed by atoms with Crippen LogP contribution in [-0.4, -0.2) is 42.0 Å². The Kier molecular flexibility index (Phi) is 4.94. The van der Waals surface area contributed by atoms with Crippen LogP contribution in [0.15, 0.2) is 48.7 Å². The zero-order valence-electron chi connectivity index (χ0n) is 18.4. The molecule has 1 saturated heterocycles. The van der Waals surface area contributed by atoms with Crippen molar-refractivity contribution in [1.29, 1.82) is 0 Å². The molecule has 1 saturated carbocycles. The van der Waals surface area contributed by atoms with Crippen molar-refractivity contribution in [3.05, 3.63) is 70.9 Å². The van der Waals surface area contributed by atoms with E-state index in [0.717, 1.165) is 53.6 Å². The second-order valence-corrected chi connectivity index (χ2v) is 9.13. The Morgan fingerprint density at radius 3 is 2.77 bits per heavy atom. The third kappa shape index (κ3) is 3.79. The summed E-state index contributed by atoms with van der Waals surface area (Å²) in [6.45, 7) is 5.84. The van der Waals surface area contributed by atoms with E-state index in [4.69, 9.17) is 4.74 Å². The average Bonchev–Trinajstić information content (AvgIpc) is 3.53. The molecule has 2 heterocycles. The zero-order valence-corrected chi connectivity index (χ0v) is 18.4. The number of ether oxygens (including phenoxy) is 1. The van der Waals surface area contributed by atoms with Crippen LogP contribution in [0.1, 0.15) is 46.3 Å². The normalized spacial score (nSPS) is 19.6. The molecule has 5 heteroatoms. The van der Waals surface area contributed by atoms with Gasteiger partial charge in [0.15, 0.2) is 0 Å². The van der Waals surface area contributed by atoms with Gasteiger partial charge in [-0.05, 0) is 87.7 Å². The minimum absolute atomic E-state index is 0.0419. The van der Waals surface area contributed by atoms with Gasteiger partial charge in [-0.15, -0.1) is 0 Å². The number of pyridine rings is 1. The van der Waals surface area contributed by atoms with Gasteiger partial charge < -0.3 is 10.1 Å². The molecule has 2 fully saturated rings. The van der Waals surface area contributed by atoms with E-state index in [1.807, 2.05) is 37.4 Å². The molecule has 1 aliphatic heterocycles. The molecule has 2 aliphatic rings. The second-order valence-electron chi connectivity index (χ2n) is 9.13. The molecule has 5 nitrogen and oxygen atoms in total. The second kappa shape index (κ2) is 7.65. The minimum atomic E-state index is -0.317. The van der Waals surface area contributed by atoms with E-state index < -0.39 is 0 Å². The number of carbonyl (C=O) groups excluding carboxylic acids is 1. The molecule has 0 radical (unpaired) electrons. The van der Waals surface area contributed by atoms with Crippen molar-refractivity contribution >= 4 is 16.8 Å². The lowest BCUT2D eigenvalue weighted by atomic mass is 9.96. The highest BCUT2D eigenvalue weighted by atomic mass is 16.5. The molecule has 5 rings (SSSR count). The van der Waals surface area contributed by atoms with Gasteiger partial charge in [0.1, 0.15) is 12.4 Å². The number of carbonyl (C=O) groups is 1. The Balaban J connectivity index is 1.38. The highest BCUT2D eigenvalue weighted by Crippen LogP contribution is 2.48. The van der Waals surface area contributed by atoms with Crippen LogP contribution in [0.2, 0.25) is 0 Å². The van der Waals surface area contributed by atoms with Crippen molar-refractivity contribution in [1.82, 2.24) is 15.2 Å². The number of hydrogen-bond donors (Lipinski definition) is 1. The number of nitrogens with zero attached hydrogens (tertiary/aromatic N) is 2. The minimum Gasteiger partial charge on any atom is -0.492 e. The molecule has 0 spiro atoms. The number of fused-ring (bicyclic) bond motifs is 1. The maximum atomic E-state index is 13.3. The van der Waals surface area contributed by atoms with Gasteiger partial charge in [-0.25, -0.2) is 0 Å². The topological polar surface area (TPSA) is 54.5 Å². The Morgan fingerprint density at radius 1 is 1.23 bits per heavy atom. The van der Waals surface area contributed by atoms with Gasteiger partial charge >= 0.3 is 0 Å². The summed E-state index contributed by atoms with van der Waals surface area (Å²) < 4.78 is 6.00. The fourth-order valence-corrected chi connectivity index (χ4v) is 4.50. The van der Waals surface area contributed by atoms with Crippen LogP contribution in [0.25, 0.3) is 10.9 Å². The summed E-state index contributed by atoms with van der Waals surface area (Å²) in [7, 11) is 2.12.